The number of rotatable bonds is 4. The van der Waals surface area contributed by atoms with Gasteiger partial charge in [-0.3, -0.25) is 4.79 Å². The lowest BCUT2D eigenvalue weighted by molar-refractivity contribution is -0.131. The van der Waals surface area contributed by atoms with Gasteiger partial charge < -0.3 is 14.5 Å². The van der Waals surface area contributed by atoms with Crippen LogP contribution < -0.4 is 9.64 Å². The van der Waals surface area contributed by atoms with Crippen molar-refractivity contribution in [3.8, 4) is 5.75 Å². The molecule has 4 rings (SSSR count). The van der Waals surface area contributed by atoms with E-state index in [0.717, 1.165) is 44.8 Å². The average molecular weight is 350 g/mol. The molecule has 1 unspecified atom stereocenters. The smallest absolute Gasteiger partial charge is 0.223 e. The molecule has 2 aromatic rings. The Hall–Kier alpha value is -2.49. The summed E-state index contributed by atoms with van der Waals surface area (Å²) in [5.41, 5.74) is 4.01. The first-order valence-electron chi connectivity index (χ1n) is 9.49. The molecule has 4 nitrogen and oxygen atoms in total. The maximum absolute atomic E-state index is 12.8. The van der Waals surface area contributed by atoms with E-state index in [4.69, 9.17) is 4.74 Å². The van der Waals surface area contributed by atoms with Crippen molar-refractivity contribution in [2.75, 3.05) is 38.2 Å². The van der Waals surface area contributed by atoms with Gasteiger partial charge in [0.25, 0.3) is 0 Å². The van der Waals surface area contributed by atoms with E-state index >= 15 is 0 Å². The van der Waals surface area contributed by atoms with E-state index in [1.54, 1.807) is 7.11 Å². The highest BCUT2D eigenvalue weighted by Gasteiger charge is 2.28. The normalized spacial score (nSPS) is 19.3. The summed E-state index contributed by atoms with van der Waals surface area (Å²) in [6.45, 7) is 3.39. The Labute approximate surface area is 155 Å². The monoisotopic (exact) mass is 350 g/mol. The summed E-state index contributed by atoms with van der Waals surface area (Å²) >= 11 is 0. The number of carbonyl (C=O) groups is 1. The van der Waals surface area contributed by atoms with Gasteiger partial charge in [0, 0.05) is 38.3 Å². The quantitative estimate of drug-likeness (QED) is 0.846. The van der Waals surface area contributed by atoms with Crippen LogP contribution in [0.4, 0.5) is 5.69 Å². The van der Waals surface area contributed by atoms with Crippen LogP contribution in [0.3, 0.4) is 0 Å². The number of nitrogens with zero attached hydrogens (tertiary/aromatic N) is 2. The number of methoxy groups -OCH3 is 1. The second-order valence-corrected chi connectivity index (χ2v) is 7.20. The number of ether oxygens (including phenoxy) is 1. The van der Waals surface area contributed by atoms with Gasteiger partial charge in [0.2, 0.25) is 5.91 Å². The standard InChI is InChI=1S/C22H26N2O2/c1-26-20-10-8-19(9-11-20)23-12-14-24(15-13-23)22(25)16-18-7-6-17-4-2-3-5-21(17)18/h2-5,8-11,18H,6-7,12-16H2,1H3. The third-order valence-electron chi connectivity index (χ3n) is 5.75. The molecule has 1 saturated heterocycles. The summed E-state index contributed by atoms with van der Waals surface area (Å²) in [6.07, 6.45) is 2.87. The SMILES string of the molecule is COc1ccc(N2CCN(C(=O)CC3CCc4ccccc43)CC2)cc1. The Morgan fingerprint density at radius 1 is 1.04 bits per heavy atom. The van der Waals surface area contributed by atoms with Gasteiger partial charge in [0.15, 0.2) is 0 Å². The maximum Gasteiger partial charge on any atom is 0.223 e. The Kier molecular flexibility index (Phi) is 4.83. The van der Waals surface area contributed by atoms with E-state index in [1.165, 1.54) is 16.8 Å². The fourth-order valence-corrected chi connectivity index (χ4v) is 4.20. The third kappa shape index (κ3) is 3.41. The first kappa shape index (κ1) is 17.0. The van der Waals surface area contributed by atoms with Crippen molar-refractivity contribution in [3.63, 3.8) is 0 Å². The largest absolute Gasteiger partial charge is 0.497 e. The molecule has 1 amide bonds. The van der Waals surface area contributed by atoms with Crippen LogP contribution in [0.15, 0.2) is 48.5 Å². The number of piperazine rings is 1. The second-order valence-electron chi connectivity index (χ2n) is 7.20. The van der Waals surface area contributed by atoms with Gasteiger partial charge in [-0.1, -0.05) is 24.3 Å². The molecule has 0 bridgehead atoms. The van der Waals surface area contributed by atoms with Crippen molar-refractivity contribution < 1.29 is 9.53 Å². The Morgan fingerprint density at radius 2 is 1.77 bits per heavy atom. The van der Waals surface area contributed by atoms with Crippen LogP contribution in [0.1, 0.15) is 29.9 Å². The van der Waals surface area contributed by atoms with E-state index in [1.807, 2.05) is 17.0 Å². The van der Waals surface area contributed by atoms with Gasteiger partial charge in [0.05, 0.1) is 7.11 Å². The minimum absolute atomic E-state index is 0.307. The predicted octanol–water partition coefficient (Wildman–Crippen LogP) is 3.46. The molecule has 1 atom stereocenters. The van der Waals surface area contributed by atoms with Gasteiger partial charge >= 0.3 is 0 Å². The maximum atomic E-state index is 12.8. The molecule has 4 heteroatoms. The molecule has 2 aromatic carbocycles. The Balaban J connectivity index is 1.32. The molecule has 136 valence electrons. The molecule has 0 saturated carbocycles. The van der Waals surface area contributed by atoms with Crippen molar-refractivity contribution in [1.82, 2.24) is 4.90 Å². The fourth-order valence-electron chi connectivity index (χ4n) is 4.20. The number of aryl methyl sites for hydroxylation is 1. The van der Waals surface area contributed by atoms with Crippen LogP contribution in [-0.2, 0) is 11.2 Å². The van der Waals surface area contributed by atoms with Crippen LogP contribution in [0.2, 0.25) is 0 Å². The number of anilines is 1. The first-order chi connectivity index (χ1) is 12.7. The molecular weight excluding hydrogens is 324 g/mol. The summed E-state index contributed by atoms with van der Waals surface area (Å²) in [6, 6.07) is 16.7. The van der Waals surface area contributed by atoms with Crippen molar-refractivity contribution >= 4 is 11.6 Å². The topological polar surface area (TPSA) is 32.8 Å². The predicted molar refractivity (Wildman–Crippen MR) is 104 cm³/mol. The molecule has 1 aliphatic heterocycles. The summed E-state index contributed by atoms with van der Waals surface area (Å²) in [4.78, 5) is 17.2. The Morgan fingerprint density at radius 3 is 2.50 bits per heavy atom. The first-order valence-corrected chi connectivity index (χ1v) is 9.49. The second kappa shape index (κ2) is 7.40. The molecule has 1 aliphatic carbocycles. The van der Waals surface area contributed by atoms with Crippen LogP contribution in [0, 0.1) is 0 Å². The molecule has 1 heterocycles. The lowest BCUT2D eigenvalue weighted by Gasteiger charge is -2.36. The zero-order valence-electron chi connectivity index (χ0n) is 15.4. The minimum Gasteiger partial charge on any atom is -0.497 e. The molecule has 0 radical (unpaired) electrons. The number of hydrogen-bond acceptors (Lipinski definition) is 3. The number of hydrogen-bond donors (Lipinski definition) is 0. The number of fused-ring (bicyclic) bond motifs is 1. The van der Waals surface area contributed by atoms with E-state index < -0.39 is 0 Å². The van der Waals surface area contributed by atoms with Crippen LogP contribution in [-0.4, -0.2) is 44.1 Å². The molecule has 2 aliphatic rings. The minimum atomic E-state index is 0.307. The molecule has 26 heavy (non-hydrogen) atoms. The van der Waals surface area contributed by atoms with Crippen LogP contribution in [0.25, 0.3) is 0 Å². The lowest BCUT2D eigenvalue weighted by atomic mass is 9.97. The third-order valence-corrected chi connectivity index (χ3v) is 5.75. The van der Waals surface area contributed by atoms with Crippen molar-refractivity contribution in [1.29, 1.82) is 0 Å². The highest BCUT2D eigenvalue weighted by atomic mass is 16.5. The molecule has 0 N–H and O–H groups in total. The molecule has 0 spiro atoms. The summed E-state index contributed by atoms with van der Waals surface area (Å²) in [5.74, 6) is 1.58. The van der Waals surface area contributed by atoms with Crippen molar-refractivity contribution in [2.24, 2.45) is 0 Å². The van der Waals surface area contributed by atoms with E-state index in [2.05, 4.69) is 41.3 Å². The van der Waals surface area contributed by atoms with E-state index in [9.17, 15) is 4.79 Å². The highest BCUT2D eigenvalue weighted by Crippen LogP contribution is 2.35. The van der Waals surface area contributed by atoms with E-state index in [-0.39, 0.29) is 0 Å². The number of benzene rings is 2. The zero-order valence-corrected chi connectivity index (χ0v) is 15.4. The van der Waals surface area contributed by atoms with Gasteiger partial charge in [-0.05, 0) is 54.2 Å². The molecular formula is C22H26N2O2. The molecule has 1 fully saturated rings. The fraction of sp³-hybridized carbons (Fsp3) is 0.409. The number of carbonyl (C=O) groups excluding carboxylic acids is 1. The van der Waals surface area contributed by atoms with Gasteiger partial charge in [-0.25, -0.2) is 0 Å². The van der Waals surface area contributed by atoms with Gasteiger partial charge in [0.1, 0.15) is 5.75 Å². The highest BCUT2D eigenvalue weighted by molar-refractivity contribution is 5.77. The Bertz CT molecular complexity index is 764. The molecule has 0 aromatic heterocycles. The summed E-state index contributed by atoms with van der Waals surface area (Å²) in [5, 5.41) is 0. The number of amides is 1. The average Bonchev–Trinajstić information content (AvgIpc) is 3.11. The van der Waals surface area contributed by atoms with Crippen molar-refractivity contribution in [2.45, 2.75) is 25.2 Å². The van der Waals surface area contributed by atoms with E-state index in [0.29, 0.717) is 18.2 Å². The van der Waals surface area contributed by atoms with Crippen molar-refractivity contribution in [3.05, 3.63) is 59.7 Å². The summed E-state index contributed by atoms with van der Waals surface area (Å²) in [7, 11) is 1.68. The summed E-state index contributed by atoms with van der Waals surface area (Å²) < 4.78 is 5.22. The lowest BCUT2D eigenvalue weighted by Crippen LogP contribution is -2.49. The van der Waals surface area contributed by atoms with Crippen LogP contribution >= 0.6 is 0 Å². The zero-order chi connectivity index (χ0) is 17.9. The van der Waals surface area contributed by atoms with Gasteiger partial charge in [-0.15, -0.1) is 0 Å². The van der Waals surface area contributed by atoms with Gasteiger partial charge in [-0.2, -0.15) is 0 Å². The van der Waals surface area contributed by atoms with Crippen LogP contribution in [0.5, 0.6) is 5.75 Å².